The number of hydrogen-bond acceptors (Lipinski definition) is 5. The van der Waals surface area contributed by atoms with E-state index in [9.17, 15) is 18.0 Å². The predicted molar refractivity (Wildman–Crippen MR) is 117 cm³/mol. The van der Waals surface area contributed by atoms with E-state index >= 15 is 0 Å². The zero-order valence-corrected chi connectivity index (χ0v) is 18.8. The second kappa shape index (κ2) is 10.3. The summed E-state index contributed by atoms with van der Waals surface area (Å²) in [7, 11) is -3.81. The van der Waals surface area contributed by atoms with Crippen molar-refractivity contribution in [3.05, 3.63) is 64.7 Å². The minimum atomic E-state index is -3.81. The lowest BCUT2D eigenvalue weighted by Gasteiger charge is -2.26. The van der Waals surface area contributed by atoms with Crippen molar-refractivity contribution in [1.82, 2.24) is 9.62 Å². The Hall–Kier alpha value is -2.42. The highest BCUT2D eigenvalue weighted by Crippen LogP contribution is 2.28. The van der Waals surface area contributed by atoms with E-state index in [4.69, 9.17) is 16.3 Å². The van der Waals surface area contributed by atoms with Crippen molar-refractivity contribution in [2.24, 2.45) is 0 Å². The molecule has 0 spiro atoms. The van der Waals surface area contributed by atoms with Gasteiger partial charge in [-0.05, 0) is 43.5 Å². The third-order valence-electron chi connectivity index (χ3n) is 5.11. The molecule has 0 saturated carbocycles. The molecule has 0 aromatic heterocycles. The van der Waals surface area contributed by atoms with Crippen LogP contribution in [-0.4, -0.2) is 44.3 Å². The molecule has 1 aliphatic rings. The van der Waals surface area contributed by atoms with E-state index in [0.29, 0.717) is 13.1 Å². The number of nitrogens with one attached hydrogen (secondary N) is 1. The molecule has 3 rings (SSSR count). The van der Waals surface area contributed by atoms with E-state index in [1.54, 1.807) is 0 Å². The highest BCUT2D eigenvalue weighted by atomic mass is 35.5. The molecule has 166 valence electrons. The van der Waals surface area contributed by atoms with E-state index in [-0.39, 0.29) is 21.5 Å². The predicted octanol–water partition coefficient (Wildman–Crippen LogP) is 3.55. The SMILES string of the molecule is C[C@@H](NC(=O)COC(=O)c1ccc(Cl)c(S(=O)(=O)N2CCCCC2)c1)c1ccccc1. The van der Waals surface area contributed by atoms with Gasteiger partial charge in [0.2, 0.25) is 10.0 Å². The number of carbonyl (C=O) groups excluding carboxylic acids is 2. The fourth-order valence-electron chi connectivity index (χ4n) is 3.39. The average Bonchev–Trinajstić information content (AvgIpc) is 2.78. The third kappa shape index (κ3) is 5.84. The number of sulfonamides is 1. The van der Waals surface area contributed by atoms with Gasteiger partial charge in [0.1, 0.15) is 4.90 Å². The van der Waals surface area contributed by atoms with Gasteiger partial charge in [0.25, 0.3) is 5.91 Å². The number of rotatable bonds is 7. The average molecular weight is 465 g/mol. The van der Waals surface area contributed by atoms with E-state index in [2.05, 4.69) is 5.32 Å². The highest BCUT2D eigenvalue weighted by Gasteiger charge is 2.29. The molecule has 1 N–H and O–H groups in total. The summed E-state index contributed by atoms with van der Waals surface area (Å²) in [6, 6.07) is 13.1. The molecule has 0 radical (unpaired) electrons. The van der Waals surface area contributed by atoms with Crippen LogP contribution < -0.4 is 5.32 Å². The minimum Gasteiger partial charge on any atom is -0.452 e. The molecule has 1 atom stereocenters. The lowest BCUT2D eigenvalue weighted by Crippen LogP contribution is -2.35. The van der Waals surface area contributed by atoms with Crippen LogP contribution in [0, 0.1) is 0 Å². The Morgan fingerprint density at radius 3 is 2.45 bits per heavy atom. The molecule has 1 aliphatic heterocycles. The first-order chi connectivity index (χ1) is 14.8. The van der Waals surface area contributed by atoms with Gasteiger partial charge in [0.15, 0.2) is 6.61 Å². The second-order valence-corrected chi connectivity index (χ2v) is 9.70. The molecule has 1 amide bonds. The van der Waals surface area contributed by atoms with Crippen LogP contribution in [0.5, 0.6) is 0 Å². The van der Waals surface area contributed by atoms with E-state index < -0.39 is 28.5 Å². The van der Waals surface area contributed by atoms with Crippen LogP contribution in [0.2, 0.25) is 5.02 Å². The molecule has 0 unspecified atom stereocenters. The summed E-state index contributed by atoms with van der Waals surface area (Å²) in [5.41, 5.74) is 0.941. The highest BCUT2D eigenvalue weighted by molar-refractivity contribution is 7.89. The van der Waals surface area contributed by atoms with Crippen LogP contribution in [-0.2, 0) is 19.6 Å². The first kappa shape index (κ1) is 23.2. The number of nitrogens with zero attached hydrogens (tertiary/aromatic N) is 1. The summed E-state index contributed by atoms with van der Waals surface area (Å²) in [4.78, 5) is 24.4. The van der Waals surface area contributed by atoms with Gasteiger partial charge >= 0.3 is 5.97 Å². The minimum absolute atomic E-state index is 0.0175. The smallest absolute Gasteiger partial charge is 0.338 e. The molecular weight excluding hydrogens is 440 g/mol. The molecule has 9 heteroatoms. The quantitative estimate of drug-likeness (QED) is 0.632. The molecule has 2 aromatic rings. The molecule has 1 heterocycles. The number of piperidine rings is 1. The van der Waals surface area contributed by atoms with Crippen LogP contribution >= 0.6 is 11.6 Å². The maximum Gasteiger partial charge on any atom is 0.338 e. The molecule has 31 heavy (non-hydrogen) atoms. The first-order valence-electron chi connectivity index (χ1n) is 10.1. The fraction of sp³-hybridized carbons (Fsp3) is 0.364. The Morgan fingerprint density at radius 2 is 1.77 bits per heavy atom. The Kier molecular flexibility index (Phi) is 7.69. The van der Waals surface area contributed by atoms with Crippen molar-refractivity contribution in [3.63, 3.8) is 0 Å². The van der Waals surface area contributed by atoms with Crippen LogP contribution in [0.25, 0.3) is 0 Å². The lowest BCUT2D eigenvalue weighted by atomic mass is 10.1. The number of halogens is 1. The standard InChI is InChI=1S/C22H25ClN2O5S/c1-16(17-8-4-2-5-9-17)24-21(26)15-30-22(27)18-10-11-19(23)20(14-18)31(28,29)25-12-6-3-7-13-25/h2,4-5,8-11,14,16H,3,6-7,12-13,15H2,1H3,(H,24,26)/t16-/m1/s1. The topological polar surface area (TPSA) is 92.8 Å². The Balaban J connectivity index is 1.64. The van der Waals surface area contributed by atoms with Crippen molar-refractivity contribution in [3.8, 4) is 0 Å². The number of esters is 1. The van der Waals surface area contributed by atoms with Gasteiger partial charge in [-0.15, -0.1) is 0 Å². The normalized spacial score (nSPS) is 15.8. The molecular formula is C22H25ClN2O5S. The van der Waals surface area contributed by atoms with Gasteiger partial charge in [0.05, 0.1) is 16.6 Å². The van der Waals surface area contributed by atoms with Crippen molar-refractivity contribution >= 4 is 33.5 Å². The van der Waals surface area contributed by atoms with Crippen LogP contribution in [0.1, 0.15) is 48.1 Å². The van der Waals surface area contributed by atoms with E-state index in [1.165, 1.54) is 22.5 Å². The fourth-order valence-corrected chi connectivity index (χ4v) is 5.41. The van der Waals surface area contributed by atoms with E-state index in [1.807, 2.05) is 37.3 Å². The van der Waals surface area contributed by atoms with Crippen molar-refractivity contribution in [2.75, 3.05) is 19.7 Å². The zero-order chi connectivity index (χ0) is 22.4. The number of carbonyl (C=O) groups is 2. The molecule has 7 nitrogen and oxygen atoms in total. The molecule has 0 bridgehead atoms. The van der Waals surface area contributed by atoms with Crippen molar-refractivity contribution in [1.29, 1.82) is 0 Å². The molecule has 0 aliphatic carbocycles. The monoisotopic (exact) mass is 464 g/mol. The van der Waals surface area contributed by atoms with Gasteiger partial charge in [-0.3, -0.25) is 4.79 Å². The van der Waals surface area contributed by atoms with Crippen molar-refractivity contribution < 1.29 is 22.7 Å². The summed E-state index contributed by atoms with van der Waals surface area (Å²) >= 11 is 6.13. The summed E-state index contributed by atoms with van der Waals surface area (Å²) in [5, 5.41) is 2.79. The third-order valence-corrected chi connectivity index (χ3v) is 7.49. The molecule has 1 fully saturated rings. The van der Waals surface area contributed by atoms with Gasteiger partial charge in [-0.2, -0.15) is 4.31 Å². The number of benzene rings is 2. The Labute approximate surface area is 187 Å². The van der Waals surface area contributed by atoms with Crippen molar-refractivity contribution in [2.45, 2.75) is 37.1 Å². The van der Waals surface area contributed by atoms with Gasteiger partial charge in [0, 0.05) is 13.1 Å². The zero-order valence-electron chi connectivity index (χ0n) is 17.2. The summed E-state index contributed by atoms with van der Waals surface area (Å²) in [6.07, 6.45) is 2.56. The molecule has 1 saturated heterocycles. The summed E-state index contributed by atoms with van der Waals surface area (Å²) in [5.74, 6) is -1.26. The van der Waals surface area contributed by atoms with E-state index in [0.717, 1.165) is 24.8 Å². The van der Waals surface area contributed by atoms with Gasteiger partial charge in [-0.1, -0.05) is 48.4 Å². The van der Waals surface area contributed by atoms with Gasteiger partial charge in [-0.25, -0.2) is 13.2 Å². The first-order valence-corrected chi connectivity index (χ1v) is 11.9. The Bertz CT molecular complexity index is 1040. The maximum atomic E-state index is 12.9. The summed E-state index contributed by atoms with van der Waals surface area (Å²) in [6.45, 7) is 2.19. The summed E-state index contributed by atoms with van der Waals surface area (Å²) < 4.78 is 32.3. The lowest BCUT2D eigenvalue weighted by molar-refractivity contribution is -0.124. The van der Waals surface area contributed by atoms with Gasteiger partial charge < -0.3 is 10.1 Å². The number of ether oxygens (including phenoxy) is 1. The Morgan fingerprint density at radius 1 is 1.10 bits per heavy atom. The largest absolute Gasteiger partial charge is 0.452 e. The van der Waals surface area contributed by atoms with Crippen LogP contribution in [0.3, 0.4) is 0 Å². The number of amides is 1. The maximum absolute atomic E-state index is 12.9. The van der Waals surface area contributed by atoms with Crippen LogP contribution in [0.15, 0.2) is 53.4 Å². The molecule has 2 aromatic carbocycles. The second-order valence-electron chi connectivity index (χ2n) is 7.39. The number of hydrogen-bond donors (Lipinski definition) is 1. The van der Waals surface area contributed by atoms with Crippen LogP contribution in [0.4, 0.5) is 0 Å².